The van der Waals surface area contributed by atoms with Crippen LogP contribution in [-0.2, 0) is 11.2 Å². The van der Waals surface area contributed by atoms with Crippen molar-refractivity contribution in [3.63, 3.8) is 0 Å². The molecule has 23 heavy (non-hydrogen) atoms. The maximum Gasteiger partial charge on any atom is 0.246 e. The van der Waals surface area contributed by atoms with Crippen LogP contribution in [0.25, 0.3) is 6.08 Å². The second-order valence-corrected chi connectivity index (χ2v) is 5.99. The standard InChI is InChI=1S/C20H24N2O/c1-16(2)18-10-7-17(8-11-18)9-12-20(23)22(3)15-13-19-6-4-5-14-21-19/h4-12,14,16H,13,15H2,1-3H3/b12-9+. The summed E-state index contributed by atoms with van der Waals surface area (Å²) in [6.45, 7) is 5.00. The van der Waals surface area contributed by atoms with E-state index in [9.17, 15) is 4.79 Å². The quantitative estimate of drug-likeness (QED) is 0.758. The van der Waals surface area contributed by atoms with Gasteiger partial charge >= 0.3 is 0 Å². The van der Waals surface area contributed by atoms with Gasteiger partial charge in [-0.3, -0.25) is 9.78 Å². The highest BCUT2D eigenvalue weighted by Gasteiger charge is 2.05. The zero-order valence-corrected chi connectivity index (χ0v) is 14.1. The molecule has 1 heterocycles. The largest absolute Gasteiger partial charge is 0.342 e. The number of likely N-dealkylation sites (N-methyl/N-ethyl adjacent to an activating group) is 1. The number of nitrogens with zero attached hydrogens (tertiary/aromatic N) is 2. The first-order chi connectivity index (χ1) is 11.1. The third kappa shape index (κ3) is 5.37. The van der Waals surface area contributed by atoms with Crippen molar-refractivity contribution in [3.05, 3.63) is 71.6 Å². The second-order valence-electron chi connectivity index (χ2n) is 5.99. The second kappa shape index (κ2) is 8.28. The van der Waals surface area contributed by atoms with Crippen molar-refractivity contribution < 1.29 is 4.79 Å². The normalized spacial score (nSPS) is 11.1. The third-order valence-electron chi connectivity index (χ3n) is 3.83. The van der Waals surface area contributed by atoms with Crippen molar-refractivity contribution in [3.8, 4) is 0 Å². The molecule has 0 aliphatic carbocycles. The zero-order valence-electron chi connectivity index (χ0n) is 14.1. The van der Waals surface area contributed by atoms with Gasteiger partial charge in [-0.2, -0.15) is 0 Å². The van der Waals surface area contributed by atoms with E-state index >= 15 is 0 Å². The lowest BCUT2D eigenvalue weighted by Crippen LogP contribution is -2.27. The van der Waals surface area contributed by atoms with E-state index in [0.717, 1.165) is 17.7 Å². The molecule has 0 N–H and O–H groups in total. The van der Waals surface area contributed by atoms with Crippen LogP contribution in [0.15, 0.2) is 54.7 Å². The number of aromatic nitrogens is 1. The topological polar surface area (TPSA) is 33.2 Å². The van der Waals surface area contributed by atoms with Gasteiger partial charge in [-0.15, -0.1) is 0 Å². The molecular formula is C20H24N2O. The van der Waals surface area contributed by atoms with Gasteiger partial charge in [0.25, 0.3) is 0 Å². The molecule has 0 radical (unpaired) electrons. The molecule has 120 valence electrons. The fourth-order valence-electron chi connectivity index (χ4n) is 2.23. The van der Waals surface area contributed by atoms with Gasteiger partial charge in [0.2, 0.25) is 5.91 Å². The van der Waals surface area contributed by atoms with Crippen molar-refractivity contribution in [1.29, 1.82) is 0 Å². The molecule has 1 aromatic carbocycles. The smallest absolute Gasteiger partial charge is 0.246 e. The highest BCUT2D eigenvalue weighted by molar-refractivity contribution is 5.91. The summed E-state index contributed by atoms with van der Waals surface area (Å²) in [7, 11) is 1.82. The van der Waals surface area contributed by atoms with Crippen LogP contribution in [0, 0.1) is 0 Å². The van der Waals surface area contributed by atoms with Gasteiger partial charge in [0.1, 0.15) is 0 Å². The van der Waals surface area contributed by atoms with Crippen LogP contribution < -0.4 is 0 Å². The molecule has 0 bridgehead atoms. The number of carbonyl (C=O) groups is 1. The predicted octanol–water partition coefficient (Wildman–Crippen LogP) is 3.92. The minimum absolute atomic E-state index is 0.00821. The van der Waals surface area contributed by atoms with Crippen LogP contribution in [0.1, 0.15) is 36.6 Å². The van der Waals surface area contributed by atoms with Crippen LogP contribution >= 0.6 is 0 Å². The predicted molar refractivity (Wildman–Crippen MR) is 95.1 cm³/mol. The molecule has 0 saturated carbocycles. The number of carbonyl (C=O) groups excluding carboxylic acids is 1. The molecular weight excluding hydrogens is 284 g/mol. The molecule has 3 heteroatoms. The van der Waals surface area contributed by atoms with Gasteiger partial charge in [0.15, 0.2) is 0 Å². The molecule has 0 fully saturated rings. The summed E-state index contributed by atoms with van der Waals surface area (Å²) in [5.74, 6) is 0.529. The molecule has 0 aliphatic heterocycles. The zero-order chi connectivity index (χ0) is 16.7. The maximum absolute atomic E-state index is 12.1. The lowest BCUT2D eigenvalue weighted by Gasteiger charge is -2.14. The van der Waals surface area contributed by atoms with Crippen molar-refractivity contribution in [2.75, 3.05) is 13.6 Å². The van der Waals surface area contributed by atoms with E-state index in [1.807, 2.05) is 43.5 Å². The molecule has 0 atom stereocenters. The van der Waals surface area contributed by atoms with E-state index in [2.05, 4.69) is 31.0 Å². The van der Waals surface area contributed by atoms with Crippen molar-refractivity contribution in [2.24, 2.45) is 0 Å². The van der Waals surface area contributed by atoms with Gasteiger partial charge in [-0.25, -0.2) is 0 Å². The van der Waals surface area contributed by atoms with E-state index in [4.69, 9.17) is 0 Å². The number of benzene rings is 1. The lowest BCUT2D eigenvalue weighted by atomic mass is 10.0. The summed E-state index contributed by atoms with van der Waals surface area (Å²) in [4.78, 5) is 18.1. The molecule has 2 aromatic rings. The number of hydrogen-bond donors (Lipinski definition) is 0. The third-order valence-corrected chi connectivity index (χ3v) is 3.83. The number of rotatable bonds is 6. The Hall–Kier alpha value is -2.42. The molecule has 0 saturated heterocycles. The van der Waals surface area contributed by atoms with E-state index in [1.165, 1.54) is 5.56 Å². The highest BCUT2D eigenvalue weighted by Crippen LogP contribution is 2.15. The summed E-state index contributed by atoms with van der Waals surface area (Å²) in [5, 5.41) is 0. The first-order valence-corrected chi connectivity index (χ1v) is 7.99. The first kappa shape index (κ1) is 16.9. The SMILES string of the molecule is CC(C)c1ccc(/C=C/C(=O)N(C)CCc2ccccn2)cc1. The first-order valence-electron chi connectivity index (χ1n) is 7.99. The fraction of sp³-hybridized carbons (Fsp3) is 0.300. The molecule has 1 aromatic heterocycles. The molecule has 0 unspecified atom stereocenters. The Morgan fingerprint density at radius 3 is 2.52 bits per heavy atom. The summed E-state index contributed by atoms with van der Waals surface area (Å²) in [6, 6.07) is 14.2. The van der Waals surface area contributed by atoms with Crippen LogP contribution in [0.3, 0.4) is 0 Å². The average molecular weight is 308 g/mol. The molecule has 0 aliphatic rings. The Labute approximate surface area is 138 Å². The molecule has 2 rings (SSSR count). The van der Waals surface area contributed by atoms with E-state index in [0.29, 0.717) is 12.5 Å². The van der Waals surface area contributed by atoms with E-state index < -0.39 is 0 Å². The maximum atomic E-state index is 12.1. The minimum atomic E-state index is 0.00821. The summed E-state index contributed by atoms with van der Waals surface area (Å²) >= 11 is 0. The van der Waals surface area contributed by atoms with Crippen LogP contribution in [0.5, 0.6) is 0 Å². The molecule has 3 nitrogen and oxygen atoms in total. The van der Waals surface area contributed by atoms with Crippen LogP contribution in [0.4, 0.5) is 0 Å². The van der Waals surface area contributed by atoms with Crippen molar-refractivity contribution in [1.82, 2.24) is 9.88 Å². The van der Waals surface area contributed by atoms with Gasteiger partial charge < -0.3 is 4.90 Å². The van der Waals surface area contributed by atoms with Crippen molar-refractivity contribution >= 4 is 12.0 Å². The molecule has 0 spiro atoms. The Morgan fingerprint density at radius 2 is 1.91 bits per heavy atom. The van der Waals surface area contributed by atoms with Gasteiger partial charge in [-0.1, -0.05) is 44.2 Å². The monoisotopic (exact) mass is 308 g/mol. The summed E-state index contributed by atoms with van der Waals surface area (Å²) in [5.41, 5.74) is 3.35. The Bertz CT molecular complexity index is 645. The lowest BCUT2D eigenvalue weighted by molar-refractivity contribution is -0.124. The molecule has 1 amide bonds. The number of pyridine rings is 1. The van der Waals surface area contributed by atoms with Gasteiger partial charge in [0, 0.05) is 38.0 Å². The van der Waals surface area contributed by atoms with Crippen molar-refractivity contribution in [2.45, 2.75) is 26.2 Å². The summed E-state index contributed by atoms with van der Waals surface area (Å²) in [6.07, 6.45) is 6.03. The number of hydrogen-bond acceptors (Lipinski definition) is 2. The number of amides is 1. The van der Waals surface area contributed by atoms with E-state index in [1.54, 1.807) is 17.2 Å². The van der Waals surface area contributed by atoms with E-state index in [-0.39, 0.29) is 5.91 Å². The summed E-state index contributed by atoms with van der Waals surface area (Å²) < 4.78 is 0. The highest BCUT2D eigenvalue weighted by atomic mass is 16.2. The van der Waals surface area contributed by atoms with Crippen LogP contribution in [-0.4, -0.2) is 29.4 Å². The Kier molecular flexibility index (Phi) is 6.10. The fourth-order valence-corrected chi connectivity index (χ4v) is 2.23. The average Bonchev–Trinajstić information content (AvgIpc) is 2.58. The van der Waals surface area contributed by atoms with Gasteiger partial charge in [-0.05, 0) is 35.3 Å². The van der Waals surface area contributed by atoms with Gasteiger partial charge in [0.05, 0.1) is 0 Å². The minimum Gasteiger partial charge on any atom is -0.342 e. The van der Waals surface area contributed by atoms with Crippen LogP contribution in [0.2, 0.25) is 0 Å². The Balaban J connectivity index is 1.87. The Morgan fingerprint density at radius 1 is 1.17 bits per heavy atom.